The molecule has 0 amide bonds. The lowest BCUT2D eigenvalue weighted by Crippen LogP contribution is -1.95. The summed E-state index contributed by atoms with van der Waals surface area (Å²) in [5, 5.41) is 9.22. The molecule has 0 aliphatic carbocycles. The van der Waals surface area contributed by atoms with Gasteiger partial charge < -0.3 is 5.11 Å². The van der Waals surface area contributed by atoms with Crippen LogP contribution in [0.25, 0.3) is 0 Å². The van der Waals surface area contributed by atoms with E-state index >= 15 is 0 Å². The van der Waals surface area contributed by atoms with Crippen molar-refractivity contribution in [3.63, 3.8) is 0 Å². The van der Waals surface area contributed by atoms with Gasteiger partial charge in [-0.1, -0.05) is 19.9 Å². The number of halogens is 1. The van der Waals surface area contributed by atoms with Crippen molar-refractivity contribution < 1.29 is 14.3 Å². The number of aromatic hydroxyl groups is 1. The summed E-state index contributed by atoms with van der Waals surface area (Å²) >= 11 is 0. The van der Waals surface area contributed by atoms with Crippen LogP contribution in [0.3, 0.4) is 0 Å². The van der Waals surface area contributed by atoms with Crippen LogP contribution in [0.15, 0.2) is 12.1 Å². The summed E-state index contributed by atoms with van der Waals surface area (Å²) in [6.07, 6.45) is 0.433. The Hall–Kier alpha value is -1.38. The predicted molar refractivity (Wildman–Crippen MR) is 47.5 cm³/mol. The molecule has 70 valence electrons. The van der Waals surface area contributed by atoms with Crippen molar-refractivity contribution in [1.82, 2.24) is 0 Å². The van der Waals surface area contributed by atoms with E-state index in [1.54, 1.807) is 0 Å². The molecule has 0 spiro atoms. The molecular formula is C10H11FO2. The zero-order valence-electron chi connectivity index (χ0n) is 7.54. The quantitative estimate of drug-likeness (QED) is 0.713. The molecule has 0 aromatic heterocycles. The zero-order valence-corrected chi connectivity index (χ0v) is 7.54. The van der Waals surface area contributed by atoms with Crippen molar-refractivity contribution in [2.75, 3.05) is 0 Å². The lowest BCUT2D eigenvalue weighted by molar-refractivity contribution is 0.112. The number of carbonyl (C=O) groups is 1. The van der Waals surface area contributed by atoms with E-state index < -0.39 is 11.6 Å². The van der Waals surface area contributed by atoms with Crippen LogP contribution in [0.4, 0.5) is 4.39 Å². The van der Waals surface area contributed by atoms with Crippen molar-refractivity contribution in [3.8, 4) is 5.75 Å². The van der Waals surface area contributed by atoms with Crippen LogP contribution < -0.4 is 0 Å². The van der Waals surface area contributed by atoms with E-state index in [1.165, 1.54) is 12.1 Å². The van der Waals surface area contributed by atoms with E-state index in [9.17, 15) is 14.3 Å². The zero-order chi connectivity index (χ0) is 10.0. The molecule has 0 fully saturated rings. The molecule has 0 aliphatic rings. The Balaban J connectivity index is 3.31. The van der Waals surface area contributed by atoms with Crippen LogP contribution in [-0.2, 0) is 0 Å². The summed E-state index contributed by atoms with van der Waals surface area (Å²) in [6, 6.07) is 2.93. The Bertz CT molecular complexity index is 332. The standard InChI is InChI=1S/C10H11FO2/c1-6(2)8-4-3-7(5-12)10(13)9(8)11/h3-6,13H,1-2H3. The molecular weight excluding hydrogens is 171 g/mol. The summed E-state index contributed by atoms with van der Waals surface area (Å²) < 4.78 is 13.3. The molecule has 0 aliphatic heterocycles. The van der Waals surface area contributed by atoms with Gasteiger partial charge in [0.1, 0.15) is 0 Å². The monoisotopic (exact) mass is 182 g/mol. The number of hydrogen-bond donors (Lipinski definition) is 1. The van der Waals surface area contributed by atoms with Gasteiger partial charge in [0.15, 0.2) is 17.9 Å². The van der Waals surface area contributed by atoms with Crippen molar-refractivity contribution in [3.05, 3.63) is 29.1 Å². The number of rotatable bonds is 2. The van der Waals surface area contributed by atoms with Gasteiger partial charge in [-0.25, -0.2) is 4.39 Å². The molecule has 2 nitrogen and oxygen atoms in total. The van der Waals surface area contributed by atoms with E-state index in [4.69, 9.17) is 0 Å². The van der Waals surface area contributed by atoms with Gasteiger partial charge in [0.2, 0.25) is 0 Å². The lowest BCUT2D eigenvalue weighted by atomic mass is 10.0. The Morgan fingerprint density at radius 1 is 1.46 bits per heavy atom. The second-order valence-electron chi connectivity index (χ2n) is 3.18. The molecule has 1 N–H and O–H groups in total. The van der Waals surface area contributed by atoms with Gasteiger partial charge >= 0.3 is 0 Å². The maximum atomic E-state index is 13.3. The largest absolute Gasteiger partial charge is 0.504 e. The van der Waals surface area contributed by atoms with Crippen LogP contribution in [0, 0.1) is 5.82 Å². The lowest BCUT2D eigenvalue weighted by Gasteiger charge is -2.08. The third kappa shape index (κ3) is 1.69. The van der Waals surface area contributed by atoms with Crippen molar-refractivity contribution in [2.45, 2.75) is 19.8 Å². The third-order valence-electron chi connectivity index (χ3n) is 1.93. The normalized spacial score (nSPS) is 10.5. The molecule has 0 radical (unpaired) electrons. The van der Waals surface area contributed by atoms with Crippen LogP contribution in [0.1, 0.15) is 35.7 Å². The minimum absolute atomic E-state index is 0.00778. The first-order valence-corrected chi connectivity index (χ1v) is 4.04. The molecule has 0 bridgehead atoms. The van der Waals surface area contributed by atoms with Gasteiger partial charge in [0.05, 0.1) is 5.56 Å². The number of phenolic OH excluding ortho intramolecular Hbond substituents is 1. The van der Waals surface area contributed by atoms with E-state index in [0.717, 1.165) is 0 Å². The molecule has 3 heteroatoms. The second kappa shape index (κ2) is 3.56. The summed E-state index contributed by atoms with van der Waals surface area (Å²) in [5.74, 6) is -1.26. The minimum Gasteiger partial charge on any atom is -0.504 e. The summed E-state index contributed by atoms with van der Waals surface area (Å²) in [4.78, 5) is 10.3. The summed E-state index contributed by atoms with van der Waals surface area (Å²) in [7, 11) is 0. The molecule has 0 unspecified atom stereocenters. The highest BCUT2D eigenvalue weighted by Crippen LogP contribution is 2.27. The van der Waals surface area contributed by atoms with Crippen LogP contribution in [0.5, 0.6) is 5.75 Å². The van der Waals surface area contributed by atoms with Crippen molar-refractivity contribution in [2.24, 2.45) is 0 Å². The number of benzene rings is 1. The van der Waals surface area contributed by atoms with E-state index in [2.05, 4.69) is 0 Å². The molecule has 13 heavy (non-hydrogen) atoms. The fraction of sp³-hybridized carbons (Fsp3) is 0.300. The van der Waals surface area contributed by atoms with Gasteiger partial charge in [-0.2, -0.15) is 0 Å². The Kier molecular flexibility index (Phi) is 2.66. The number of hydrogen-bond acceptors (Lipinski definition) is 2. The molecule has 0 atom stereocenters. The van der Waals surface area contributed by atoms with E-state index in [-0.39, 0.29) is 11.5 Å². The van der Waals surface area contributed by atoms with Gasteiger partial charge in [-0.3, -0.25) is 4.79 Å². The van der Waals surface area contributed by atoms with Gasteiger partial charge in [0, 0.05) is 0 Å². The van der Waals surface area contributed by atoms with Crippen LogP contribution >= 0.6 is 0 Å². The maximum absolute atomic E-state index is 13.3. The number of carbonyl (C=O) groups excluding carboxylic acids is 1. The average molecular weight is 182 g/mol. The second-order valence-corrected chi connectivity index (χ2v) is 3.18. The first-order valence-electron chi connectivity index (χ1n) is 4.04. The van der Waals surface area contributed by atoms with Gasteiger partial charge in [-0.15, -0.1) is 0 Å². The SMILES string of the molecule is CC(C)c1ccc(C=O)c(O)c1F. The number of phenols is 1. The first kappa shape index (κ1) is 9.71. The first-order chi connectivity index (χ1) is 6.07. The van der Waals surface area contributed by atoms with E-state index in [0.29, 0.717) is 11.8 Å². The highest BCUT2D eigenvalue weighted by Gasteiger charge is 2.13. The maximum Gasteiger partial charge on any atom is 0.168 e. The molecule has 1 aromatic carbocycles. The van der Waals surface area contributed by atoms with Gasteiger partial charge in [-0.05, 0) is 17.5 Å². The number of aldehydes is 1. The Morgan fingerprint density at radius 3 is 2.54 bits per heavy atom. The molecule has 0 heterocycles. The van der Waals surface area contributed by atoms with Crippen molar-refractivity contribution >= 4 is 6.29 Å². The van der Waals surface area contributed by atoms with Crippen LogP contribution in [-0.4, -0.2) is 11.4 Å². The predicted octanol–water partition coefficient (Wildman–Crippen LogP) is 2.47. The highest BCUT2D eigenvalue weighted by atomic mass is 19.1. The summed E-state index contributed by atoms with van der Waals surface area (Å²) in [6.45, 7) is 3.64. The fourth-order valence-corrected chi connectivity index (χ4v) is 1.14. The third-order valence-corrected chi connectivity index (χ3v) is 1.93. The summed E-state index contributed by atoms with van der Waals surface area (Å²) in [5.41, 5.74) is 0.407. The van der Waals surface area contributed by atoms with Crippen LogP contribution in [0.2, 0.25) is 0 Å². The minimum atomic E-state index is -0.695. The smallest absolute Gasteiger partial charge is 0.168 e. The molecule has 1 aromatic rings. The highest BCUT2D eigenvalue weighted by molar-refractivity contribution is 5.79. The molecule has 0 saturated heterocycles. The van der Waals surface area contributed by atoms with Crippen molar-refractivity contribution in [1.29, 1.82) is 0 Å². The average Bonchev–Trinajstić information content (AvgIpc) is 2.09. The molecule has 0 saturated carbocycles. The Labute approximate surface area is 76.0 Å². The molecule has 1 rings (SSSR count). The van der Waals surface area contributed by atoms with E-state index in [1.807, 2.05) is 13.8 Å². The fourth-order valence-electron chi connectivity index (χ4n) is 1.14. The Morgan fingerprint density at radius 2 is 2.08 bits per heavy atom. The topological polar surface area (TPSA) is 37.3 Å². The van der Waals surface area contributed by atoms with Gasteiger partial charge in [0.25, 0.3) is 0 Å².